The van der Waals surface area contributed by atoms with Crippen molar-refractivity contribution in [3.8, 4) is 0 Å². The molecular formula is C16H22N4O. The zero-order valence-electron chi connectivity index (χ0n) is 12.2. The second-order valence-electron chi connectivity index (χ2n) is 5.60. The van der Waals surface area contributed by atoms with Gasteiger partial charge in [-0.05, 0) is 24.9 Å². The standard InChI is InChI=1S/C16H22N4O/c1-2-5-14(6-3-1)11-20-10-4-7-15(12-20)17-9-8-16-18-13-19-21-16/h1-3,5-6,13,15,17H,4,7-12H2. The van der Waals surface area contributed by atoms with Gasteiger partial charge in [-0.25, -0.2) is 0 Å². The zero-order valence-corrected chi connectivity index (χ0v) is 12.2. The van der Waals surface area contributed by atoms with E-state index in [1.54, 1.807) is 0 Å². The number of hydrogen-bond donors (Lipinski definition) is 1. The molecule has 1 aromatic heterocycles. The van der Waals surface area contributed by atoms with Crippen molar-refractivity contribution in [1.82, 2.24) is 20.4 Å². The van der Waals surface area contributed by atoms with E-state index in [4.69, 9.17) is 4.52 Å². The lowest BCUT2D eigenvalue weighted by Crippen LogP contribution is -2.45. The van der Waals surface area contributed by atoms with Crippen LogP contribution in [0.3, 0.4) is 0 Å². The fourth-order valence-corrected chi connectivity index (χ4v) is 2.90. The average molecular weight is 286 g/mol. The highest BCUT2D eigenvalue weighted by Gasteiger charge is 2.19. The second kappa shape index (κ2) is 7.33. The molecule has 1 saturated heterocycles. The van der Waals surface area contributed by atoms with Crippen molar-refractivity contribution in [2.45, 2.75) is 31.8 Å². The molecule has 1 aliphatic heterocycles. The third kappa shape index (κ3) is 4.37. The maximum atomic E-state index is 5.01. The molecule has 2 heterocycles. The largest absolute Gasteiger partial charge is 0.340 e. The minimum Gasteiger partial charge on any atom is -0.340 e. The molecule has 0 spiro atoms. The quantitative estimate of drug-likeness (QED) is 0.878. The van der Waals surface area contributed by atoms with Gasteiger partial charge in [0.25, 0.3) is 0 Å². The van der Waals surface area contributed by atoms with Crippen LogP contribution >= 0.6 is 0 Å². The fraction of sp³-hybridized carbons (Fsp3) is 0.500. The molecule has 1 atom stereocenters. The van der Waals surface area contributed by atoms with Crippen LogP contribution in [-0.2, 0) is 13.0 Å². The van der Waals surface area contributed by atoms with E-state index in [1.165, 1.54) is 31.3 Å². The number of piperidine rings is 1. The lowest BCUT2D eigenvalue weighted by molar-refractivity contribution is 0.183. The van der Waals surface area contributed by atoms with Gasteiger partial charge in [-0.2, -0.15) is 4.98 Å². The van der Waals surface area contributed by atoms with Crippen molar-refractivity contribution in [1.29, 1.82) is 0 Å². The van der Waals surface area contributed by atoms with Crippen molar-refractivity contribution in [3.05, 3.63) is 48.1 Å². The summed E-state index contributed by atoms with van der Waals surface area (Å²) in [7, 11) is 0. The van der Waals surface area contributed by atoms with Crippen LogP contribution in [-0.4, -0.2) is 40.7 Å². The highest BCUT2D eigenvalue weighted by Crippen LogP contribution is 2.13. The first kappa shape index (κ1) is 14.2. The Kier molecular flexibility index (Phi) is 4.97. The van der Waals surface area contributed by atoms with Crippen LogP contribution < -0.4 is 5.32 Å². The minimum atomic E-state index is 0.561. The monoisotopic (exact) mass is 286 g/mol. The van der Waals surface area contributed by atoms with Crippen molar-refractivity contribution in [2.24, 2.45) is 0 Å². The Morgan fingerprint density at radius 3 is 3.00 bits per heavy atom. The molecule has 1 aromatic carbocycles. The molecule has 3 rings (SSSR count). The van der Waals surface area contributed by atoms with Gasteiger partial charge in [0.2, 0.25) is 5.89 Å². The van der Waals surface area contributed by atoms with E-state index in [1.807, 2.05) is 0 Å². The summed E-state index contributed by atoms with van der Waals surface area (Å²) in [5.74, 6) is 0.708. The van der Waals surface area contributed by atoms with Crippen LogP contribution in [0.1, 0.15) is 24.3 Å². The Bertz CT molecular complexity index is 514. The van der Waals surface area contributed by atoms with Gasteiger partial charge in [0.15, 0.2) is 6.33 Å². The topological polar surface area (TPSA) is 54.2 Å². The highest BCUT2D eigenvalue weighted by molar-refractivity contribution is 5.14. The molecule has 0 aliphatic carbocycles. The summed E-state index contributed by atoms with van der Waals surface area (Å²) in [6.45, 7) is 4.24. The normalized spacial score (nSPS) is 19.7. The van der Waals surface area contributed by atoms with E-state index in [9.17, 15) is 0 Å². The van der Waals surface area contributed by atoms with Crippen LogP contribution in [0, 0.1) is 0 Å². The van der Waals surface area contributed by atoms with Crippen LogP contribution in [0.5, 0.6) is 0 Å². The van der Waals surface area contributed by atoms with Gasteiger partial charge in [0, 0.05) is 32.1 Å². The van der Waals surface area contributed by atoms with E-state index in [0.29, 0.717) is 11.9 Å². The average Bonchev–Trinajstić information content (AvgIpc) is 3.02. The molecule has 2 aromatic rings. The predicted octanol–water partition coefficient (Wildman–Crippen LogP) is 1.87. The molecule has 1 unspecified atom stereocenters. The minimum absolute atomic E-state index is 0.561. The molecule has 112 valence electrons. The van der Waals surface area contributed by atoms with Crippen LogP contribution in [0.2, 0.25) is 0 Å². The number of nitrogens with zero attached hydrogens (tertiary/aromatic N) is 3. The van der Waals surface area contributed by atoms with Gasteiger partial charge in [0.05, 0.1) is 0 Å². The molecule has 0 radical (unpaired) electrons. The van der Waals surface area contributed by atoms with Crippen molar-refractivity contribution in [2.75, 3.05) is 19.6 Å². The molecule has 0 saturated carbocycles. The first-order chi connectivity index (χ1) is 10.4. The third-order valence-electron chi connectivity index (χ3n) is 3.93. The molecule has 5 heteroatoms. The highest BCUT2D eigenvalue weighted by atomic mass is 16.5. The lowest BCUT2D eigenvalue weighted by atomic mass is 10.0. The maximum Gasteiger partial charge on any atom is 0.227 e. The van der Waals surface area contributed by atoms with Gasteiger partial charge in [-0.15, -0.1) is 0 Å². The fourth-order valence-electron chi connectivity index (χ4n) is 2.90. The maximum absolute atomic E-state index is 5.01. The van der Waals surface area contributed by atoms with Crippen LogP contribution in [0.15, 0.2) is 41.2 Å². The van der Waals surface area contributed by atoms with Gasteiger partial charge < -0.3 is 9.84 Å². The lowest BCUT2D eigenvalue weighted by Gasteiger charge is -2.33. The van der Waals surface area contributed by atoms with Crippen molar-refractivity contribution < 1.29 is 4.52 Å². The summed E-state index contributed by atoms with van der Waals surface area (Å²) in [5, 5.41) is 7.23. The number of likely N-dealkylation sites (tertiary alicyclic amines) is 1. The molecular weight excluding hydrogens is 264 g/mol. The smallest absolute Gasteiger partial charge is 0.227 e. The SMILES string of the molecule is c1ccc(CN2CCCC(NCCc3ncno3)C2)cc1. The summed E-state index contributed by atoms with van der Waals surface area (Å²) in [4.78, 5) is 6.57. The third-order valence-corrected chi connectivity index (χ3v) is 3.93. The molecule has 0 amide bonds. The number of nitrogens with one attached hydrogen (secondary N) is 1. The van der Waals surface area contributed by atoms with Crippen molar-refractivity contribution in [3.63, 3.8) is 0 Å². The van der Waals surface area contributed by atoms with E-state index < -0.39 is 0 Å². The zero-order chi connectivity index (χ0) is 14.3. The summed E-state index contributed by atoms with van der Waals surface area (Å²) in [6, 6.07) is 11.3. The van der Waals surface area contributed by atoms with Gasteiger partial charge in [-0.1, -0.05) is 35.5 Å². The summed E-state index contributed by atoms with van der Waals surface area (Å²) < 4.78 is 5.01. The van der Waals surface area contributed by atoms with Crippen LogP contribution in [0.4, 0.5) is 0 Å². The molecule has 1 N–H and O–H groups in total. The van der Waals surface area contributed by atoms with Crippen LogP contribution in [0.25, 0.3) is 0 Å². The Hall–Kier alpha value is -1.72. The molecule has 1 aliphatic rings. The molecule has 21 heavy (non-hydrogen) atoms. The molecule has 0 bridgehead atoms. The van der Waals surface area contributed by atoms with E-state index in [-0.39, 0.29) is 0 Å². The summed E-state index contributed by atoms with van der Waals surface area (Å²) in [5.41, 5.74) is 1.39. The Morgan fingerprint density at radius 1 is 1.29 bits per heavy atom. The van der Waals surface area contributed by atoms with Gasteiger partial charge in [0.1, 0.15) is 0 Å². The van der Waals surface area contributed by atoms with E-state index in [2.05, 4.69) is 50.7 Å². The van der Waals surface area contributed by atoms with E-state index >= 15 is 0 Å². The summed E-state index contributed by atoms with van der Waals surface area (Å²) in [6.07, 6.45) is 4.76. The molecule has 5 nitrogen and oxygen atoms in total. The second-order valence-corrected chi connectivity index (χ2v) is 5.60. The first-order valence-corrected chi connectivity index (χ1v) is 7.65. The Labute approximate surface area is 125 Å². The number of aromatic nitrogens is 2. The summed E-state index contributed by atoms with van der Waals surface area (Å²) >= 11 is 0. The van der Waals surface area contributed by atoms with Gasteiger partial charge >= 0.3 is 0 Å². The number of rotatable bonds is 6. The number of hydrogen-bond acceptors (Lipinski definition) is 5. The first-order valence-electron chi connectivity index (χ1n) is 7.65. The van der Waals surface area contributed by atoms with Gasteiger partial charge in [-0.3, -0.25) is 4.90 Å². The number of benzene rings is 1. The Morgan fingerprint density at radius 2 is 2.19 bits per heavy atom. The Balaban J connectivity index is 1.42. The van der Waals surface area contributed by atoms with E-state index in [0.717, 1.165) is 26.1 Å². The predicted molar refractivity (Wildman–Crippen MR) is 80.7 cm³/mol. The molecule has 1 fully saturated rings. The van der Waals surface area contributed by atoms with Crippen molar-refractivity contribution >= 4 is 0 Å².